The van der Waals surface area contributed by atoms with E-state index in [1.165, 1.54) is 6.20 Å². The van der Waals surface area contributed by atoms with Crippen LogP contribution >= 0.6 is 0 Å². The molecule has 0 saturated carbocycles. The van der Waals surface area contributed by atoms with Gasteiger partial charge in [0.2, 0.25) is 0 Å². The summed E-state index contributed by atoms with van der Waals surface area (Å²) < 4.78 is 0. The van der Waals surface area contributed by atoms with E-state index in [1.807, 2.05) is 0 Å². The Hall–Kier alpha value is -1.75. The summed E-state index contributed by atoms with van der Waals surface area (Å²) in [6, 6.07) is 1.65. The molecule has 1 aliphatic carbocycles. The minimum atomic E-state index is -1.05. The van der Waals surface area contributed by atoms with E-state index in [0.717, 1.165) is 25.9 Å². The van der Waals surface area contributed by atoms with Crippen molar-refractivity contribution in [3.8, 4) is 0 Å². The fraction of sp³-hybridized carbons (Fsp3) is 0.462. The van der Waals surface area contributed by atoms with Crippen LogP contribution in [0, 0.1) is 5.41 Å². The first-order valence-electron chi connectivity index (χ1n) is 6.11. The molecule has 1 aromatic heterocycles. The predicted molar refractivity (Wildman–Crippen MR) is 63.8 cm³/mol. The Morgan fingerprint density at radius 3 is 2.78 bits per heavy atom. The highest BCUT2D eigenvalue weighted by atomic mass is 16.4. The van der Waals surface area contributed by atoms with Gasteiger partial charge in [0.1, 0.15) is 0 Å². The zero-order valence-electron chi connectivity index (χ0n) is 9.90. The van der Waals surface area contributed by atoms with Gasteiger partial charge in [-0.2, -0.15) is 0 Å². The number of fused-ring (bicyclic) bond motifs is 1. The molecule has 0 amide bonds. The van der Waals surface area contributed by atoms with Crippen molar-refractivity contribution >= 4 is 11.8 Å². The fourth-order valence-electron chi connectivity index (χ4n) is 3.08. The number of ketones is 1. The number of carbonyl (C=O) groups is 2. The number of nitrogens with zero attached hydrogens (tertiary/aromatic N) is 1. The Morgan fingerprint density at radius 2 is 2.11 bits per heavy atom. The van der Waals surface area contributed by atoms with E-state index in [9.17, 15) is 9.59 Å². The van der Waals surface area contributed by atoms with Crippen molar-refractivity contribution in [1.82, 2.24) is 10.3 Å². The van der Waals surface area contributed by atoms with Crippen LogP contribution < -0.4 is 5.32 Å². The number of hydrogen-bond donors (Lipinski definition) is 2. The van der Waals surface area contributed by atoms with Crippen LogP contribution in [-0.2, 0) is 6.42 Å². The van der Waals surface area contributed by atoms with Gasteiger partial charge in [-0.25, -0.2) is 9.78 Å². The predicted octanol–water partition coefficient (Wildman–Crippen LogP) is 0.888. The number of nitrogens with one attached hydrogen (secondary N) is 1. The molecule has 2 aliphatic rings. The zero-order valence-corrected chi connectivity index (χ0v) is 9.90. The molecule has 2 heterocycles. The zero-order chi connectivity index (χ0) is 12.8. The number of carbonyl (C=O) groups excluding carboxylic acids is 1. The monoisotopic (exact) mass is 246 g/mol. The number of hydrogen-bond acceptors (Lipinski definition) is 4. The van der Waals surface area contributed by atoms with Gasteiger partial charge in [-0.1, -0.05) is 0 Å². The largest absolute Gasteiger partial charge is 0.477 e. The van der Waals surface area contributed by atoms with Gasteiger partial charge in [0.15, 0.2) is 11.5 Å². The van der Waals surface area contributed by atoms with E-state index >= 15 is 0 Å². The van der Waals surface area contributed by atoms with E-state index in [1.54, 1.807) is 6.07 Å². The molecular weight excluding hydrogens is 232 g/mol. The van der Waals surface area contributed by atoms with Crippen molar-refractivity contribution < 1.29 is 14.7 Å². The molecule has 0 bridgehead atoms. The molecular formula is C13H14N2O3. The van der Waals surface area contributed by atoms with Crippen molar-refractivity contribution in [3.05, 3.63) is 29.1 Å². The van der Waals surface area contributed by atoms with Crippen LogP contribution in [-0.4, -0.2) is 34.9 Å². The second-order valence-corrected chi connectivity index (χ2v) is 5.03. The first-order chi connectivity index (χ1) is 8.64. The molecule has 3 rings (SSSR count). The molecule has 1 aliphatic heterocycles. The first kappa shape index (κ1) is 11.3. The summed E-state index contributed by atoms with van der Waals surface area (Å²) >= 11 is 0. The number of carboxylic acids is 1. The quantitative estimate of drug-likeness (QED) is 0.769. The molecule has 0 unspecified atom stereocenters. The number of aromatic nitrogens is 1. The summed E-state index contributed by atoms with van der Waals surface area (Å²) in [5, 5.41) is 12.4. The third-order valence-electron chi connectivity index (χ3n) is 4.06. The number of pyridine rings is 1. The van der Waals surface area contributed by atoms with E-state index < -0.39 is 5.97 Å². The van der Waals surface area contributed by atoms with Crippen LogP contribution in [0.1, 0.15) is 39.3 Å². The molecule has 5 nitrogen and oxygen atoms in total. The van der Waals surface area contributed by atoms with E-state index in [4.69, 9.17) is 5.11 Å². The molecule has 0 radical (unpaired) electrons. The van der Waals surface area contributed by atoms with Gasteiger partial charge >= 0.3 is 5.97 Å². The van der Waals surface area contributed by atoms with Crippen molar-refractivity contribution in [2.75, 3.05) is 13.1 Å². The lowest BCUT2D eigenvalue weighted by Gasteiger charge is -2.31. The van der Waals surface area contributed by atoms with E-state index in [-0.39, 0.29) is 16.9 Å². The second kappa shape index (κ2) is 3.88. The molecule has 0 aromatic carbocycles. The Morgan fingerprint density at radius 1 is 1.39 bits per heavy atom. The van der Waals surface area contributed by atoms with Crippen molar-refractivity contribution in [2.45, 2.75) is 19.3 Å². The van der Waals surface area contributed by atoms with Crippen LogP contribution in [0.4, 0.5) is 0 Å². The molecule has 1 fully saturated rings. The summed E-state index contributed by atoms with van der Waals surface area (Å²) in [6.45, 7) is 1.63. The highest BCUT2D eigenvalue weighted by molar-refractivity contribution is 6.07. The summed E-state index contributed by atoms with van der Waals surface area (Å²) in [5.74, 6) is -0.950. The van der Waals surface area contributed by atoms with E-state index in [2.05, 4.69) is 10.3 Å². The molecule has 5 heteroatoms. The van der Waals surface area contributed by atoms with Crippen LogP contribution in [0.25, 0.3) is 0 Å². The Balaban J connectivity index is 2.08. The second-order valence-electron chi connectivity index (χ2n) is 5.03. The Bertz CT molecular complexity index is 533. The van der Waals surface area contributed by atoms with Crippen LogP contribution in [0.3, 0.4) is 0 Å². The standard InChI is InChI=1S/C13H14N2O3/c16-11-8-1-4-15-10(12(17)18)9(8)7-13(11)2-5-14-6-3-13/h1,4,14H,2-3,5-7H2,(H,17,18). The summed E-state index contributed by atoms with van der Waals surface area (Å²) in [7, 11) is 0. The Labute approximate surface area is 104 Å². The van der Waals surface area contributed by atoms with Crippen LogP contribution in [0.15, 0.2) is 12.3 Å². The van der Waals surface area contributed by atoms with Gasteiger partial charge in [-0.05, 0) is 44.0 Å². The average Bonchev–Trinajstić information content (AvgIpc) is 2.64. The number of Topliss-reactive ketones (excluding diaryl/α,β-unsaturated/α-hetero) is 1. The number of aromatic carboxylic acids is 1. The SMILES string of the molecule is O=C(O)c1nccc2c1CC1(CCNCC1)C2=O. The third kappa shape index (κ3) is 1.47. The highest BCUT2D eigenvalue weighted by Crippen LogP contribution is 2.43. The van der Waals surface area contributed by atoms with Gasteiger partial charge in [-0.3, -0.25) is 4.79 Å². The fourth-order valence-corrected chi connectivity index (χ4v) is 3.08. The minimum absolute atomic E-state index is 0.0382. The molecule has 18 heavy (non-hydrogen) atoms. The normalized spacial score (nSPS) is 21.0. The van der Waals surface area contributed by atoms with Gasteiger partial charge < -0.3 is 10.4 Å². The summed E-state index contributed by atoms with van der Waals surface area (Å²) in [5.41, 5.74) is 0.832. The lowest BCUT2D eigenvalue weighted by atomic mass is 9.75. The molecule has 94 valence electrons. The average molecular weight is 246 g/mol. The number of rotatable bonds is 1. The Kier molecular flexibility index (Phi) is 2.45. The molecule has 1 aromatic rings. The van der Waals surface area contributed by atoms with Crippen molar-refractivity contribution in [1.29, 1.82) is 0 Å². The minimum Gasteiger partial charge on any atom is -0.477 e. The van der Waals surface area contributed by atoms with Crippen LogP contribution in [0.5, 0.6) is 0 Å². The molecule has 1 spiro atoms. The first-order valence-corrected chi connectivity index (χ1v) is 6.11. The molecule has 0 atom stereocenters. The number of piperidine rings is 1. The molecule has 1 saturated heterocycles. The lowest BCUT2D eigenvalue weighted by molar-refractivity contribution is 0.0685. The van der Waals surface area contributed by atoms with E-state index in [0.29, 0.717) is 17.5 Å². The number of carboxylic acid groups (broad SMARTS) is 1. The lowest BCUT2D eigenvalue weighted by Crippen LogP contribution is -2.40. The maximum Gasteiger partial charge on any atom is 0.354 e. The topological polar surface area (TPSA) is 79.3 Å². The smallest absolute Gasteiger partial charge is 0.354 e. The molecule has 2 N–H and O–H groups in total. The van der Waals surface area contributed by atoms with Gasteiger partial charge in [0, 0.05) is 17.2 Å². The summed E-state index contributed by atoms with van der Waals surface area (Å²) in [6.07, 6.45) is 3.50. The third-order valence-corrected chi connectivity index (χ3v) is 4.06. The van der Waals surface area contributed by atoms with Crippen LogP contribution in [0.2, 0.25) is 0 Å². The highest BCUT2D eigenvalue weighted by Gasteiger charge is 2.47. The van der Waals surface area contributed by atoms with Gasteiger partial charge in [0.25, 0.3) is 0 Å². The van der Waals surface area contributed by atoms with Crippen molar-refractivity contribution in [3.63, 3.8) is 0 Å². The maximum atomic E-state index is 12.5. The maximum absolute atomic E-state index is 12.5. The van der Waals surface area contributed by atoms with Crippen molar-refractivity contribution in [2.24, 2.45) is 5.41 Å². The van der Waals surface area contributed by atoms with Gasteiger partial charge in [-0.15, -0.1) is 0 Å². The van der Waals surface area contributed by atoms with Gasteiger partial charge in [0.05, 0.1) is 0 Å². The summed E-state index contributed by atoms with van der Waals surface area (Å²) in [4.78, 5) is 27.5.